The molecule has 2 saturated carbocycles. The van der Waals surface area contributed by atoms with Crippen LogP contribution in [0.1, 0.15) is 67.8 Å². The van der Waals surface area contributed by atoms with Gasteiger partial charge < -0.3 is 4.98 Å². The van der Waals surface area contributed by atoms with Crippen molar-refractivity contribution in [2.24, 2.45) is 21.8 Å². The first kappa shape index (κ1) is 15.0. The van der Waals surface area contributed by atoms with Crippen molar-refractivity contribution in [2.45, 2.75) is 47.0 Å². The fourth-order valence-corrected chi connectivity index (χ4v) is 4.00. The maximum Gasteiger partial charge on any atom is 0.287 e. The van der Waals surface area contributed by atoms with Gasteiger partial charge in [0.15, 0.2) is 5.78 Å². The lowest BCUT2D eigenvalue weighted by atomic mass is 9.70. The highest BCUT2D eigenvalue weighted by Gasteiger charge is 2.60. The molecule has 1 aromatic heterocycles. The third-order valence-electron chi connectivity index (χ3n) is 6.14. The molecular formula is C17H23N3O2. The van der Waals surface area contributed by atoms with Crippen LogP contribution in [0.2, 0.25) is 0 Å². The maximum absolute atomic E-state index is 12.1. The first-order valence-electron chi connectivity index (χ1n) is 7.82. The van der Waals surface area contributed by atoms with Gasteiger partial charge in [-0.1, -0.05) is 20.8 Å². The van der Waals surface area contributed by atoms with Gasteiger partial charge in [-0.2, -0.15) is 5.10 Å². The fraction of sp³-hybridized carbons (Fsp3) is 0.588. The monoisotopic (exact) mass is 301 g/mol. The zero-order valence-electron chi connectivity index (χ0n) is 13.6. The van der Waals surface area contributed by atoms with Crippen molar-refractivity contribution in [3.8, 4) is 0 Å². The van der Waals surface area contributed by atoms with Gasteiger partial charge in [-0.3, -0.25) is 9.59 Å². The minimum Gasteiger partial charge on any atom is -0.356 e. The Bertz CT molecular complexity index is 671. The molecular weight excluding hydrogens is 278 g/mol. The van der Waals surface area contributed by atoms with Crippen molar-refractivity contribution in [3.63, 3.8) is 0 Å². The molecule has 118 valence electrons. The van der Waals surface area contributed by atoms with Gasteiger partial charge in [0.25, 0.3) is 5.91 Å². The van der Waals surface area contributed by atoms with E-state index in [-0.39, 0.29) is 22.5 Å². The number of hydrogen-bond donors (Lipinski definition) is 2. The molecule has 1 aromatic rings. The molecule has 0 radical (unpaired) electrons. The summed E-state index contributed by atoms with van der Waals surface area (Å²) in [6.45, 7) is 8.34. The van der Waals surface area contributed by atoms with Crippen LogP contribution >= 0.6 is 0 Å². The number of amides is 1. The van der Waals surface area contributed by atoms with Gasteiger partial charge in [0, 0.05) is 22.9 Å². The van der Waals surface area contributed by atoms with E-state index in [9.17, 15) is 9.59 Å². The van der Waals surface area contributed by atoms with Gasteiger partial charge in [-0.15, -0.1) is 0 Å². The third-order valence-corrected chi connectivity index (χ3v) is 6.14. The highest BCUT2D eigenvalue weighted by Crippen LogP contribution is 2.63. The Hall–Kier alpha value is -1.91. The third kappa shape index (κ3) is 2.02. The van der Waals surface area contributed by atoms with E-state index in [1.165, 1.54) is 13.3 Å². The van der Waals surface area contributed by atoms with Gasteiger partial charge in [0.2, 0.25) is 0 Å². The van der Waals surface area contributed by atoms with E-state index in [2.05, 4.69) is 36.3 Å². The number of fused-ring (bicyclic) bond motifs is 2. The highest BCUT2D eigenvalue weighted by molar-refractivity contribution is 6.00. The number of nitrogens with one attached hydrogen (secondary N) is 2. The molecule has 0 aromatic carbocycles. The summed E-state index contributed by atoms with van der Waals surface area (Å²) in [5.41, 5.74) is 4.93. The van der Waals surface area contributed by atoms with Crippen molar-refractivity contribution >= 4 is 17.4 Å². The predicted molar refractivity (Wildman–Crippen MR) is 84.9 cm³/mol. The summed E-state index contributed by atoms with van der Waals surface area (Å²) < 4.78 is 0. The first-order chi connectivity index (χ1) is 10.3. The number of aromatic amines is 1. The number of rotatable bonds is 3. The summed E-state index contributed by atoms with van der Waals surface area (Å²) in [4.78, 5) is 26.2. The van der Waals surface area contributed by atoms with E-state index in [4.69, 9.17) is 0 Å². The number of hydrazone groups is 1. The van der Waals surface area contributed by atoms with Crippen LogP contribution in [0.15, 0.2) is 17.4 Å². The highest BCUT2D eigenvalue weighted by atomic mass is 16.2. The van der Waals surface area contributed by atoms with Crippen LogP contribution in [0.4, 0.5) is 0 Å². The Morgan fingerprint density at radius 3 is 2.59 bits per heavy atom. The van der Waals surface area contributed by atoms with Crippen molar-refractivity contribution in [1.29, 1.82) is 0 Å². The number of nitrogens with zero attached hydrogens (tertiary/aromatic N) is 1. The molecule has 5 nitrogen and oxygen atoms in total. The molecule has 0 spiro atoms. The van der Waals surface area contributed by atoms with Crippen molar-refractivity contribution in [2.75, 3.05) is 0 Å². The average Bonchev–Trinajstić information content (AvgIpc) is 3.07. The molecule has 2 bridgehead atoms. The molecule has 1 heterocycles. The van der Waals surface area contributed by atoms with Crippen LogP contribution < -0.4 is 5.43 Å². The standard InChI is InChI=1S/C17H23N3O2/c1-10(21)11-7-13(18-9-11)15(22)20-19-14-8-12-5-6-17(14,4)16(12,2)3/h7,9,12,18H,5-6,8H2,1-4H3,(H,20,22)/b19-14-/t12-,17+/m1/s1. The fourth-order valence-electron chi connectivity index (χ4n) is 4.00. The Labute approximate surface area is 130 Å². The normalized spacial score (nSPS) is 30.7. The summed E-state index contributed by atoms with van der Waals surface area (Å²) in [5, 5.41) is 4.42. The van der Waals surface area contributed by atoms with Gasteiger partial charge >= 0.3 is 0 Å². The van der Waals surface area contributed by atoms with E-state index in [1.54, 1.807) is 12.3 Å². The van der Waals surface area contributed by atoms with Crippen molar-refractivity contribution in [1.82, 2.24) is 10.4 Å². The second-order valence-corrected chi connectivity index (χ2v) is 7.35. The second kappa shape index (κ2) is 4.80. The van der Waals surface area contributed by atoms with E-state index < -0.39 is 0 Å². The minimum absolute atomic E-state index is 0.0658. The zero-order valence-corrected chi connectivity index (χ0v) is 13.6. The number of Topliss-reactive ketones (excluding diaryl/α,β-unsaturated/α-hetero) is 1. The zero-order chi connectivity index (χ0) is 16.1. The van der Waals surface area contributed by atoms with Gasteiger partial charge in [0.1, 0.15) is 5.69 Å². The molecule has 2 atom stereocenters. The Kier molecular flexibility index (Phi) is 3.27. The van der Waals surface area contributed by atoms with Crippen LogP contribution in [0, 0.1) is 16.7 Å². The predicted octanol–water partition coefficient (Wildman–Crippen LogP) is 3.15. The first-order valence-corrected chi connectivity index (χ1v) is 7.82. The van der Waals surface area contributed by atoms with Crippen LogP contribution in [0.5, 0.6) is 0 Å². The van der Waals surface area contributed by atoms with Crippen molar-refractivity contribution in [3.05, 3.63) is 23.5 Å². The summed E-state index contributed by atoms with van der Waals surface area (Å²) >= 11 is 0. The van der Waals surface area contributed by atoms with Crippen LogP contribution in [-0.4, -0.2) is 22.4 Å². The topological polar surface area (TPSA) is 74.3 Å². The molecule has 2 aliphatic carbocycles. The SMILES string of the molecule is CC(=O)c1c[nH]c(C(=O)N/N=C2/C[C@H]3CC[C@]2(C)C3(C)C)c1. The molecule has 1 amide bonds. The number of ketones is 1. The smallest absolute Gasteiger partial charge is 0.287 e. The van der Waals surface area contributed by atoms with Crippen LogP contribution in [-0.2, 0) is 0 Å². The number of aromatic nitrogens is 1. The number of carbonyl (C=O) groups excluding carboxylic acids is 2. The van der Waals surface area contributed by atoms with Crippen LogP contribution in [0.3, 0.4) is 0 Å². The molecule has 2 fully saturated rings. The number of hydrogen-bond acceptors (Lipinski definition) is 3. The summed E-state index contributed by atoms with van der Waals surface area (Å²) in [7, 11) is 0. The molecule has 2 aliphatic rings. The molecule has 5 heteroatoms. The average molecular weight is 301 g/mol. The van der Waals surface area contributed by atoms with Gasteiger partial charge in [-0.05, 0) is 43.6 Å². The lowest BCUT2D eigenvalue weighted by Crippen LogP contribution is -2.34. The largest absolute Gasteiger partial charge is 0.356 e. The van der Waals surface area contributed by atoms with E-state index in [0.29, 0.717) is 17.2 Å². The maximum atomic E-state index is 12.1. The van der Waals surface area contributed by atoms with Gasteiger partial charge in [0.05, 0.1) is 0 Å². The lowest BCUT2D eigenvalue weighted by Gasteiger charge is -2.34. The summed E-state index contributed by atoms with van der Waals surface area (Å²) in [6, 6.07) is 1.56. The Morgan fingerprint density at radius 2 is 2.09 bits per heavy atom. The minimum atomic E-state index is -0.302. The quantitative estimate of drug-likeness (QED) is 0.665. The molecule has 0 aliphatic heterocycles. The molecule has 3 rings (SSSR count). The van der Waals surface area contributed by atoms with Gasteiger partial charge in [-0.25, -0.2) is 5.43 Å². The molecule has 0 saturated heterocycles. The lowest BCUT2D eigenvalue weighted by molar-refractivity contribution is 0.0949. The molecule has 0 unspecified atom stereocenters. The summed E-state index contributed by atoms with van der Waals surface area (Å²) in [6.07, 6.45) is 4.89. The number of carbonyl (C=O) groups is 2. The Morgan fingerprint density at radius 1 is 1.36 bits per heavy atom. The van der Waals surface area contributed by atoms with Crippen LogP contribution in [0.25, 0.3) is 0 Å². The van der Waals surface area contributed by atoms with Crippen molar-refractivity contribution < 1.29 is 9.59 Å². The van der Waals surface area contributed by atoms with E-state index in [1.807, 2.05) is 0 Å². The number of H-pyrrole nitrogens is 1. The summed E-state index contributed by atoms with van der Waals surface area (Å²) in [5.74, 6) is 0.288. The molecule has 22 heavy (non-hydrogen) atoms. The van der Waals surface area contributed by atoms with E-state index >= 15 is 0 Å². The second-order valence-electron chi connectivity index (χ2n) is 7.35. The Balaban J connectivity index is 1.75. The van der Waals surface area contributed by atoms with E-state index in [0.717, 1.165) is 18.6 Å². The molecule has 2 N–H and O–H groups in total.